The molecule has 2 nitrogen and oxygen atoms in total. The molecular formula is C55H38N2. The normalized spacial score (nSPS) is 12.9. The number of fused-ring (bicyclic) bond motifs is 7. The van der Waals surface area contributed by atoms with Crippen LogP contribution in [0.3, 0.4) is 0 Å². The van der Waals surface area contributed by atoms with Crippen LogP contribution in [0, 0.1) is 0 Å². The van der Waals surface area contributed by atoms with Gasteiger partial charge in [-0.25, -0.2) is 9.97 Å². The van der Waals surface area contributed by atoms with Crippen LogP contribution in [0.1, 0.15) is 25.0 Å². The van der Waals surface area contributed by atoms with Crippen LogP contribution in [0.4, 0.5) is 0 Å². The highest BCUT2D eigenvalue weighted by Crippen LogP contribution is 2.55. The maximum absolute atomic E-state index is 5.32. The van der Waals surface area contributed by atoms with Gasteiger partial charge in [0.1, 0.15) is 0 Å². The first kappa shape index (κ1) is 33.2. The number of benzene rings is 9. The minimum atomic E-state index is -0.116. The second-order valence-electron chi connectivity index (χ2n) is 15.7. The topological polar surface area (TPSA) is 25.8 Å². The molecule has 268 valence electrons. The van der Waals surface area contributed by atoms with E-state index in [0.717, 1.165) is 44.6 Å². The molecule has 2 heteroatoms. The van der Waals surface area contributed by atoms with Gasteiger partial charge in [-0.05, 0) is 89.0 Å². The summed E-state index contributed by atoms with van der Waals surface area (Å²) in [4.78, 5) is 10.6. The van der Waals surface area contributed by atoms with E-state index in [-0.39, 0.29) is 5.41 Å². The first-order valence-electron chi connectivity index (χ1n) is 19.7. The molecule has 9 aromatic carbocycles. The summed E-state index contributed by atoms with van der Waals surface area (Å²) in [5.74, 6) is 0.705. The van der Waals surface area contributed by atoms with E-state index in [0.29, 0.717) is 5.82 Å². The van der Waals surface area contributed by atoms with Crippen molar-refractivity contribution in [3.63, 3.8) is 0 Å². The van der Waals surface area contributed by atoms with Crippen molar-refractivity contribution in [2.24, 2.45) is 0 Å². The lowest BCUT2D eigenvalue weighted by atomic mass is 9.81. The molecule has 0 radical (unpaired) electrons. The van der Waals surface area contributed by atoms with Crippen LogP contribution in [0.5, 0.6) is 0 Å². The fraction of sp³-hybridized carbons (Fsp3) is 0.0545. The Morgan fingerprint density at radius 3 is 1.72 bits per heavy atom. The van der Waals surface area contributed by atoms with Crippen LogP contribution in [0.15, 0.2) is 194 Å². The molecule has 0 aliphatic heterocycles. The highest BCUT2D eigenvalue weighted by molar-refractivity contribution is 6.11. The van der Waals surface area contributed by atoms with Gasteiger partial charge in [0, 0.05) is 22.1 Å². The van der Waals surface area contributed by atoms with Crippen molar-refractivity contribution in [3.05, 3.63) is 205 Å². The van der Waals surface area contributed by atoms with E-state index in [2.05, 4.69) is 202 Å². The molecule has 10 aromatic rings. The average Bonchev–Trinajstić information content (AvgIpc) is 3.52. The quantitative estimate of drug-likeness (QED) is 0.176. The lowest BCUT2D eigenvalue weighted by molar-refractivity contribution is 0.661. The molecule has 0 saturated carbocycles. The van der Waals surface area contributed by atoms with Crippen molar-refractivity contribution in [1.29, 1.82) is 0 Å². The van der Waals surface area contributed by atoms with Crippen molar-refractivity contribution in [2.45, 2.75) is 19.3 Å². The highest BCUT2D eigenvalue weighted by Gasteiger charge is 2.38. The summed E-state index contributed by atoms with van der Waals surface area (Å²) in [5.41, 5.74) is 15.0. The molecule has 11 rings (SSSR count). The minimum absolute atomic E-state index is 0.116. The molecule has 0 amide bonds. The van der Waals surface area contributed by atoms with Gasteiger partial charge in [-0.1, -0.05) is 196 Å². The van der Waals surface area contributed by atoms with Crippen LogP contribution >= 0.6 is 0 Å². The van der Waals surface area contributed by atoms with Gasteiger partial charge < -0.3 is 0 Å². The van der Waals surface area contributed by atoms with Crippen LogP contribution in [-0.2, 0) is 5.41 Å². The van der Waals surface area contributed by atoms with Crippen LogP contribution in [-0.4, -0.2) is 9.97 Å². The van der Waals surface area contributed by atoms with Gasteiger partial charge in [0.2, 0.25) is 0 Å². The Morgan fingerprint density at radius 2 is 0.912 bits per heavy atom. The molecule has 1 aromatic heterocycles. The molecule has 57 heavy (non-hydrogen) atoms. The zero-order chi connectivity index (χ0) is 38.1. The third-order valence-electron chi connectivity index (χ3n) is 12.1. The predicted molar refractivity (Wildman–Crippen MR) is 239 cm³/mol. The van der Waals surface area contributed by atoms with Crippen LogP contribution < -0.4 is 0 Å². The van der Waals surface area contributed by atoms with Crippen LogP contribution in [0.2, 0.25) is 0 Å². The number of rotatable bonds is 5. The molecule has 0 spiro atoms. The lowest BCUT2D eigenvalue weighted by Gasteiger charge is -2.22. The highest BCUT2D eigenvalue weighted by atomic mass is 14.9. The average molecular weight is 727 g/mol. The maximum atomic E-state index is 5.32. The first-order valence-corrected chi connectivity index (χ1v) is 19.7. The summed E-state index contributed by atoms with van der Waals surface area (Å²) in [7, 11) is 0. The second-order valence-corrected chi connectivity index (χ2v) is 15.7. The zero-order valence-electron chi connectivity index (χ0n) is 31.9. The predicted octanol–water partition coefficient (Wildman–Crippen LogP) is 14.6. The van der Waals surface area contributed by atoms with Gasteiger partial charge >= 0.3 is 0 Å². The Balaban J connectivity index is 1.12. The SMILES string of the molecule is CC1(C)c2cccc(-c3ccc(-c4cc(-c5ccccc5-c5ccc6ccccc6c5)nc(-c5ccccc5)n4)c4ccccc34)c2-c2c1ccc1ccccc21. The summed E-state index contributed by atoms with van der Waals surface area (Å²) < 4.78 is 0. The van der Waals surface area contributed by atoms with Crippen molar-refractivity contribution >= 4 is 32.3 Å². The van der Waals surface area contributed by atoms with Crippen molar-refractivity contribution in [2.75, 3.05) is 0 Å². The number of hydrogen-bond acceptors (Lipinski definition) is 2. The van der Waals surface area contributed by atoms with E-state index in [4.69, 9.17) is 9.97 Å². The third-order valence-corrected chi connectivity index (χ3v) is 12.1. The summed E-state index contributed by atoms with van der Waals surface area (Å²) >= 11 is 0. The first-order chi connectivity index (χ1) is 28.0. The lowest BCUT2D eigenvalue weighted by Crippen LogP contribution is -2.14. The standard InChI is InChI=1S/C55H38N2/c1-55(2)48-26-14-25-47(53(48)52-41-21-9-8-16-36(41)29-32-49(52)55)44-30-31-46(43-23-12-11-22-42(43)44)51-34-50(56-54(57-51)37-17-4-3-5-18-37)45-24-13-10-20-40(45)39-28-27-35-15-6-7-19-38(35)33-39/h3-34H,1-2H3. The maximum Gasteiger partial charge on any atom is 0.160 e. The van der Waals surface area contributed by atoms with E-state index in [1.807, 2.05) is 6.07 Å². The second kappa shape index (κ2) is 13.0. The summed E-state index contributed by atoms with van der Waals surface area (Å²) in [6.07, 6.45) is 0. The van der Waals surface area contributed by atoms with E-state index >= 15 is 0 Å². The van der Waals surface area contributed by atoms with Crippen molar-refractivity contribution in [1.82, 2.24) is 9.97 Å². The minimum Gasteiger partial charge on any atom is -0.228 e. The number of nitrogens with zero attached hydrogens (tertiary/aromatic N) is 2. The van der Waals surface area contributed by atoms with E-state index < -0.39 is 0 Å². The molecule has 0 saturated heterocycles. The fourth-order valence-corrected chi connectivity index (χ4v) is 9.29. The van der Waals surface area contributed by atoms with Gasteiger partial charge in [-0.15, -0.1) is 0 Å². The molecule has 0 fully saturated rings. The molecule has 0 atom stereocenters. The summed E-state index contributed by atoms with van der Waals surface area (Å²) in [6.45, 7) is 4.74. The van der Waals surface area contributed by atoms with Gasteiger partial charge in [0.05, 0.1) is 11.4 Å². The zero-order valence-corrected chi connectivity index (χ0v) is 31.9. The molecule has 1 aliphatic carbocycles. The summed E-state index contributed by atoms with van der Waals surface area (Å²) in [5, 5.41) is 7.38. The molecule has 1 aliphatic rings. The Hall–Kier alpha value is -7.16. The Bertz CT molecular complexity index is 3210. The number of aromatic nitrogens is 2. The Kier molecular flexibility index (Phi) is 7.55. The van der Waals surface area contributed by atoms with Crippen molar-refractivity contribution < 1.29 is 0 Å². The molecule has 0 bridgehead atoms. The van der Waals surface area contributed by atoms with Crippen LogP contribution in [0.25, 0.3) is 99.6 Å². The van der Waals surface area contributed by atoms with Gasteiger partial charge in [-0.2, -0.15) is 0 Å². The smallest absolute Gasteiger partial charge is 0.160 e. The van der Waals surface area contributed by atoms with Crippen molar-refractivity contribution in [3.8, 4) is 67.3 Å². The Labute approximate surface area is 332 Å². The molecule has 0 N–H and O–H groups in total. The van der Waals surface area contributed by atoms with Gasteiger partial charge in [0.25, 0.3) is 0 Å². The third kappa shape index (κ3) is 5.33. The van der Waals surface area contributed by atoms with Gasteiger partial charge in [-0.3, -0.25) is 0 Å². The van der Waals surface area contributed by atoms with E-state index in [1.165, 1.54) is 60.3 Å². The largest absolute Gasteiger partial charge is 0.228 e. The molecule has 1 heterocycles. The monoisotopic (exact) mass is 726 g/mol. The molecule has 0 unspecified atom stereocenters. The van der Waals surface area contributed by atoms with E-state index in [1.54, 1.807) is 0 Å². The number of hydrogen-bond donors (Lipinski definition) is 0. The fourth-order valence-electron chi connectivity index (χ4n) is 9.29. The Morgan fingerprint density at radius 1 is 0.333 bits per heavy atom. The summed E-state index contributed by atoms with van der Waals surface area (Å²) in [6, 6.07) is 70.1. The van der Waals surface area contributed by atoms with E-state index in [9.17, 15) is 0 Å². The molecular weight excluding hydrogens is 689 g/mol. The van der Waals surface area contributed by atoms with Gasteiger partial charge in [0.15, 0.2) is 5.82 Å².